The molecule has 2 saturated heterocycles. The summed E-state index contributed by atoms with van der Waals surface area (Å²) in [5.41, 5.74) is -2.90. The normalized spacial score (nSPS) is 18.7. The van der Waals surface area contributed by atoms with E-state index in [2.05, 4.69) is 30.4 Å². The molecule has 0 bridgehead atoms. The van der Waals surface area contributed by atoms with Crippen LogP contribution >= 0.6 is 24.4 Å². The van der Waals surface area contributed by atoms with Crippen molar-refractivity contribution in [2.75, 3.05) is 94.1 Å². The Kier molecular flexibility index (Phi) is 12.8. The Bertz CT molecular complexity index is 1230. The molecule has 0 radical (unpaired) electrons. The smallest absolute Gasteiger partial charge is 0.420 e. The van der Waals surface area contributed by atoms with Crippen molar-refractivity contribution in [2.24, 2.45) is 0 Å². The molecule has 2 aliphatic heterocycles. The lowest BCUT2D eigenvalue weighted by Gasteiger charge is -2.41. The van der Waals surface area contributed by atoms with Crippen molar-refractivity contribution in [3.8, 4) is 0 Å². The van der Waals surface area contributed by atoms with E-state index in [1.165, 1.54) is 0 Å². The zero-order chi connectivity index (χ0) is 33.2. The minimum atomic E-state index is -1.75. The van der Waals surface area contributed by atoms with Gasteiger partial charge in [-0.3, -0.25) is 29.6 Å². The SMILES string of the molecule is CN(C)C(OC(=O)C(=O)OC(C(=S)NCN1CCOCC1)(c1ccccn1)N(C)C)(C(=S)NCN1CCOCC1)c1ccccn1. The minimum Gasteiger partial charge on any atom is -0.422 e. The van der Waals surface area contributed by atoms with E-state index >= 15 is 0 Å². The molecular weight excluding hydrogens is 633 g/mol. The lowest BCUT2D eigenvalue weighted by atomic mass is 10.1. The number of nitrogens with zero attached hydrogens (tertiary/aromatic N) is 6. The fourth-order valence-corrected chi connectivity index (χ4v) is 5.87. The summed E-state index contributed by atoms with van der Waals surface area (Å²) in [7, 11) is 6.72. The van der Waals surface area contributed by atoms with Gasteiger partial charge in [0.05, 0.1) is 39.8 Å². The summed E-state index contributed by atoms with van der Waals surface area (Å²) in [4.78, 5) is 44.2. The van der Waals surface area contributed by atoms with Gasteiger partial charge in [-0.1, -0.05) is 36.6 Å². The van der Waals surface area contributed by atoms with Crippen LogP contribution in [0.15, 0.2) is 48.8 Å². The number of aromatic nitrogens is 2. The molecule has 2 unspecified atom stereocenters. The van der Waals surface area contributed by atoms with E-state index in [0.717, 1.165) is 0 Å². The molecule has 46 heavy (non-hydrogen) atoms. The number of thiocarbonyl (C=S) groups is 2. The maximum absolute atomic E-state index is 13.8. The van der Waals surface area contributed by atoms with Crippen LogP contribution in [0.1, 0.15) is 11.4 Å². The largest absolute Gasteiger partial charge is 0.422 e. The van der Waals surface area contributed by atoms with Crippen molar-refractivity contribution in [1.82, 2.24) is 40.2 Å². The first-order valence-corrected chi connectivity index (χ1v) is 15.7. The van der Waals surface area contributed by atoms with Gasteiger partial charge in [-0.2, -0.15) is 0 Å². The number of ether oxygens (including phenoxy) is 4. The highest BCUT2D eigenvalue weighted by atomic mass is 32.1. The molecule has 0 aliphatic carbocycles. The first kappa shape index (κ1) is 35.6. The van der Waals surface area contributed by atoms with Gasteiger partial charge in [0, 0.05) is 38.6 Å². The maximum atomic E-state index is 13.8. The van der Waals surface area contributed by atoms with Crippen LogP contribution in [0.3, 0.4) is 0 Å². The van der Waals surface area contributed by atoms with E-state index < -0.39 is 23.4 Å². The predicted octanol–water partition coefficient (Wildman–Crippen LogP) is 0.105. The zero-order valence-corrected chi connectivity index (χ0v) is 28.3. The van der Waals surface area contributed by atoms with Gasteiger partial charge in [-0.15, -0.1) is 0 Å². The molecule has 0 spiro atoms. The fraction of sp³-hybridized carbons (Fsp3) is 0.533. The monoisotopic (exact) mass is 674 g/mol. The Balaban J connectivity index is 1.62. The third-order valence-electron chi connectivity index (χ3n) is 7.68. The molecule has 250 valence electrons. The molecule has 2 aromatic rings. The van der Waals surface area contributed by atoms with Crippen molar-refractivity contribution in [3.63, 3.8) is 0 Å². The molecule has 16 heteroatoms. The van der Waals surface area contributed by atoms with Gasteiger partial charge >= 0.3 is 11.9 Å². The van der Waals surface area contributed by atoms with Gasteiger partial charge in [-0.25, -0.2) is 9.59 Å². The summed E-state index contributed by atoms with van der Waals surface area (Å²) in [6, 6.07) is 10.3. The fourth-order valence-electron chi connectivity index (χ4n) is 5.08. The molecular formula is C30H42N8O6S2. The Morgan fingerprint density at radius 3 is 1.41 bits per heavy atom. The average molecular weight is 675 g/mol. The first-order valence-electron chi connectivity index (χ1n) is 14.9. The van der Waals surface area contributed by atoms with Crippen molar-refractivity contribution in [3.05, 3.63) is 60.2 Å². The van der Waals surface area contributed by atoms with Crippen molar-refractivity contribution < 1.29 is 28.5 Å². The van der Waals surface area contributed by atoms with Gasteiger partial charge in [-0.05, 0) is 52.5 Å². The number of carbonyl (C=O) groups excluding carboxylic acids is 2. The number of hydrogen-bond acceptors (Lipinski definition) is 14. The number of morpholine rings is 2. The number of esters is 2. The average Bonchev–Trinajstić information content (AvgIpc) is 3.08. The van der Waals surface area contributed by atoms with Gasteiger partial charge in [0.25, 0.3) is 11.4 Å². The number of pyridine rings is 2. The minimum absolute atomic E-state index is 0.134. The molecule has 2 N–H and O–H groups in total. The van der Waals surface area contributed by atoms with Gasteiger partial charge in [0.15, 0.2) is 0 Å². The molecule has 0 aromatic carbocycles. The Morgan fingerprint density at radius 1 is 0.739 bits per heavy atom. The van der Waals surface area contributed by atoms with Gasteiger partial charge < -0.3 is 29.6 Å². The number of rotatable bonds is 12. The van der Waals surface area contributed by atoms with Crippen molar-refractivity contribution in [2.45, 2.75) is 11.4 Å². The molecule has 2 aliphatic rings. The van der Waals surface area contributed by atoms with Crippen molar-refractivity contribution in [1.29, 1.82) is 0 Å². The van der Waals surface area contributed by atoms with E-state index in [9.17, 15) is 9.59 Å². The topological polar surface area (TPSA) is 134 Å². The highest BCUT2D eigenvalue weighted by Gasteiger charge is 2.50. The van der Waals surface area contributed by atoms with E-state index in [1.54, 1.807) is 86.8 Å². The Hall–Kier alpha value is -3.22. The van der Waals surface area contributed by atoms with E-state index in [4.69, 9.17) is 43.4 Å². The number of likely N-dealkylation sites (N-methyl/N-ethyl adjacent to an activating group) is 2. The number of carbonyl (C=O) groups is 2. The molecule has 0 saturated carbocycles. The van der Waals surface area contributed by atoms with Crippen LogP contribution in [-0.2, 0) is 40.0 Å². The summed E-state index contributed by atoms with van der Waals surface area (Å²) in [5.74, 6) is -2.60. The standard InChI is InChI=1S/C30H42N8O6S2/c1-35(2)29(23-9-5-7-11-31-23,27(45)33-21-37-13-17-41-18-14-37)43-25(39)26(40)44-30(36(3)4,24-10-6-8-12-32-24)28(46)34-22-38-15-19-42-20-16-38/h5-12H,13-22H2,1-4H3,(H,33,45)(H,34,46). The predicted molar refractivity (Wildman–Crippen MR) is 177 cm³/mol. The van der Waals surface area contributed by atoms with Crippen LogP contribution < -0.4 is 10.6 Å². The lowest BCUT2D eigenvalue weighted by molar-refractivity contribution is -0.194. The maximum Gasteiger partial charge on any atom is 0.420 e. The summed E-state index contributed by atoms with van der Waals surface area (Å²) in [6.45, 7) is 5.98. The van der Waals surface area contributed by atoms with E-state index in [1.807, 2.05) is 0 Å². The van der Waals surface area contributed by atoms with Crippen LogP contribution in [0.4, 0.5) is 0 Å². The summed E-state index contributed by atoms with van der Waals surface area (Å²) >= 11 is 11.7. The summed E-state index contributed by atoms with van der Waals surface area (Å²) in [5, 5.41) is 6.41. The van der Waals surface area contributed by atoms with Crippen LogP contribution in [-0.4, -0.2) is 146 Å². The summed E-state index contributed by atoms with van der Waals surface area (Å²) < 4.78 is 22.9. The van der Waals surface area contributed by atoms with Gasteiger partial charge in [0.2, 0.25) is 0 Å². The second kappa shape index (κ2) is 16.6. The van der Waals surface area contributed by atoms with Crippen LogP contribution in [0.2, 0.25) is 0 Å². The van der Waals surface area contributed by atoms with E-state index in [0.29, 0.717) is 77.3 Å². The quantitative estimate of drug-likeness (QED) is 0.136. The molecule has 2 aromatic heterocycles. The van der Waals surface area contributed by atoms with Crippen LogP contribution in [0.25, 0.3) is 0 Å². The van der Waals surface area contributed by atoms with Gasteiger partial charge in [0.1, 0.15) is 21.4 Å². The Labute approximate surface area is 280 Å². The lowest BCUT2D eigenvalue weighted by Crippen LogP contribution is -2.60. The Morgan fingerprint density at radius 2 is 1.11 bits per heavy atom. The second-order valence-corrected chi connectivity index (χ2v) is 11.9. The highest BCUT2D eigenvalue weighted by molar-refractivity contribution is 7.80. The van der Waals surface area contributed by atoms with Crippen LogP contribution in [0.5, 0.6) is 0 Å². The molecule has 2 fully saturated rings. The third-order valence-corrected chi connectivity index (χ3v) is 8.52. The zero-order valence-electron chi connectivity index (χ0n) is 26.6. The molecule has 14 nitrogen and oxygen atoms in total. The van der Waals surface area contributed by atoms with E-state index in [-0.39, 0.29) is 9.98 Å². The summed E-state index contributed by atoms with van der Waals surface area (Å²) in [6.07, 6.45) is 3.11. The highest BCUT2D eigenvalue weighted by Crippen LogP contribution is 2.32. The second-order valence-electron chi connectivity index (χ2n) is 11.1. The molecule has 0 amide bonds. The first-order chi connectivity index (χ1) is 22.1. The van der Waals surface area contributed by atoms with Crippen molar-refractivity contribution >= 4 is 46.4 Å². The molecule has 2 atom stereocenters. The number of nitrogens with one attached hydrogen (secondary N) is 2. The number of hydrogen-bond donors (Lipinski definition) is 2. The van der Waals surface area contributed by atoms with Crippen LogP contribution in [0, 0.1) is 0 Å². The third kappa shape index (κ3) is 8.19. The molecule has 4 rings (SSSR count). The molecule has 4 heterocycles.